The lowest BCUT2D eigenvalue weighted by Gasteiger charge is -2.15. The largest absolute Gasteiger partial charge is 0.487 e. The van der Waals surface area contributed by atoms with E-state index in [1.807, 2.05) is 18.2 Å². The van der Waals surface area contributed by atoms with Gasteiger partial charge in [0, 0.05) is 24.2 Å². The van der Waals surface area contributed by atoms with Crippen molar-refractivity contribution in [3.63, 3.8) is 0 Å². The fraction of sp³-hybridized carbons (Fsp3) is 0.280. The van der Waals surface area contributed by atoms with E-state index in [0.29, 0.717) is 27.8 Å². The normalized spacial score (nSPS) is 11.8. The van der Waals surface area contributed by atoms with Crippen LogP contribution in [0.4, 0.5) is 5.69 Å². The number of hydrogen-bond donors (Lipinski definition) is 1. The lowest BCUT2D eigenvalue weighted by atomic mass is 10.2. The summed E-state index contributed by atoms with van der Waals surface area (Å²) in [5.41, 5.74) is 0.878. The highest BCUT2D eigenvalue weighted by molar-refractivity contribution is 7.16. The van der Waals surface area contributed by atoms with Gasteiger partial charge in [0.1, 0.15) is 23.1 Å². The summed E-state index contributed by atoms with van der Waals surface area (Å²) in [6.45, 7) is 3.93. The lowest BCUT2D eigenvalue weighted by Crippen LogP contribution is -2.30. The maximum absolute atomic E-state index is 12.5. The first-order valence-electron chi connectivity index (χ1n) is 11.2. The first kappa shape index (κ1) is 23.4. The number of aromatic nitrogens is 3. The third-order valence-electron chi connectivity index (χ3n) is 5.00. The molecule has 0 bridgehead atoms. The number of ether oxygens (including phenoxy) is 2. The number of nitrogens with zero attached hydrogens (tertiary/aromatic N) is 3. The van der Waals surface area contributed by atoms with Gasteiger partial charge in [-0.05, 0) is 37.6 Å². The molecule has 34 heavy (non-hydrogen) atoms. The molecule has 1 N–H and O–H groups in total. The molecule has 4 aromatic rings. The summed E-state index contributed by atoms with van der Waals surface area (Å²) in [5.74, 6) is 0.899. The van der Waals surface area contributed by atoms with Gasteiger partial charge in [-0.1, -0.05) is 48.9 Å². The predicted octanol–water partition coefficient (Wildman–Crippen LogP) is 4.48. The molecule has 176 valence electrons. The number of para-hydroxylation sites is 1. The Hall–Kier alpha value is -3.72. The Morgan fingerprint density at radius 1 is 1.12 bits per heavy atom. The Kier molecular flexibility index (Phi) is 7.54. The van der Waals surface area contributed by atoms with Crippen LogP contribution in [0.5, 0.6) is 11.5 Å². The molecule has 1 unspecified atom stereocenters. The van der Waals surface area contributed by atoms with Crippen LogP contribution in [0.25, 0.3) is 4.96 Å². The van der Waals surface area contributed by atoms with E-state index in [0.717, 1.165) is 24.3 Å². The smallest absolute Gasteiger partial charge is 0.275 e. The van der Waals surface area contributed by atoms with Gasteiger partial charge in [0.15, 0.2) is 6.10 Å². The number of nitrogens with one attached hydrogen (secondary N) is 1. The average Bonchev–Trinajstić information content (AvgIpc) is 3.26. The van der Waals surface area contributed by atoms with Crippen molar-refractivity contribution in [2.24, 2.45) is 0 Å². The fourth-order valence-corrected chi connectivity index (χ4v) is 4.18. The van der Waals surface area contributed by atoms with Gasteiger partial charge in [-0.3, -0.25) is 9.59 Å². The summed E-state index contributed by atoms with van der Waals surface area (Å²) in [6.07, 6.45) is 2.26. The van der Waals surface area contributed by atoms with Crippen molar-refractivity contribution in [3.05, 3.63) is 81.7 Å². The predicted molar refractivity (Wildman–Crippen MR) is 132 cm³/mol. The van der Waals surface area contributed by atoms with Gasteiger partial charge in [-0.2, -0.15) is 9.61 Å². The number of hydrogen-bond acceptors (Lipinski definition) is 7. The monoisotopic (exact) mass is 478 g/mol. The molecular formula is C25H26N4O4S. The summed E-state index contributed by atoms with van der Waals surface area (Å²) in [5, 5.41) is 8.09. The molecular weight excluding hydrogens is 452 g/mol. The number of rotatable bonds is 10. The van der Waals surface area contributed by atoms with Crippen molar-refractivity contribution in [3.8, 4) is 11.5 Å². The second-order valence-electron chi connectivity index (χ2n) is 7.76. The Bertz CT molecular complexity index is 1320. The molecule has 0 saturated carbocycles. The third-order valence-corrected chi connectivity index (χ3v) is 5.97. The summed E-state index contributed by atoms with van der Waals surface area (Å²) < 4.78 is 12.8. The number of aryl methyl sites for hydroxylation is 1. The minimum Gasteiger partial charge on any atom is -0.487 e. The Morgan fingerprint density at radius 3 is 2.71 bits per heavy atom. The van der Waals surface area contributed by atoms with Gasteiger partial charge < -0.3 is 14.8 Å². The van der Waals surface area contributed by atoms with Crippen LogP contribution in [0.2, 0.25) is 0 Å². The summed E-state index contributed by atoms with van der Waals surface area (Å²) in [4.78, 5) is 30.0. The lowest BCUT2D eigenvalue weighted by molar-refractivity contribution is -0.122. The number of carbonyl (C=O) groups excluding carboxylic acids is 1. The number of fused-ring (bicyclic) bond motifs is 1. The zero-order valence-electron chi connectivity index (χ0n) is 19.1. The van der Waals surface area contributed by atoms with Gasteiger partial charge in [-0.15, -0.1) is 0 Å². The van der Waals surface area contributed by atoms with Crippen LogP contribution in [0.15, 0.2) is 65.5 Å². The van der Waals surface area contributed by atoms with E-state index < -0.39 is 6.10 Å². The van der Waals surface area contributed by atoms with Gasteiger partial charge >= 0.3 is 0 Å². The highest BCUT2D eigenvalue weighted by atomic mass is 32.1. The number of unbranched alkanes of at least 4 members (excludes halogenated alkanes) is 1. The second kappa shape index (κ2) is 10.9. The van der Waals surface area contributed by atoms with Crippen molar-refractivity contribution < 1.29 is 14.3 Å². The standard InChI is InChI=1S/C25H26N4O4S/c1-3-4-13-22-28-29-23(30)15-19(27-25(29)34-22)16-32-21-12-8-9-18(14-21)26-24(31)17(2)33-20-10-6-5-7-11-20/h5-12,14-15,17H,3-4,13,16H2,1-2H3,(H,26,31). The zero-order valence-corrected chi connectivity index (χ0v) is 19.9. The molecule has 1 amide bonds. The molecule has 8 nitrogen and oxygen atoms in total. The van der Waals surface area contributed by atoms with Crippen molar-refractivity contribution in [2.75, 3.05) is 5.32 Å². The van der Waals surface area contributed by atoms with E-state index in [1.54, 1.807) is 43.3 Å². The van der Waals surface area contributed by atoms with Crippen LogP contribution in [0, 0.1) is 0 Å². The Balaban J connectivity index is 1.38. The first-order chi connectivity index (χ1) is 16.5. The van der Waals surface area contributed by atoms with E-state index >= 15 is 0 Å². The molecule has 1 atom stereocenters. The van der Waals surface area contributed by atoms with Crippen molar-refractivity contribution >= 4 is 27.9 Å². The molecule has 4 rings (SSSR count). The van der Waals surface area contributed by atoms with E-state index in [1.165, 1.54) is 21.9 Å². The van der Waals surface area contributed by atoms with E-state index in [-0.39, 0.29) is 18.1 Å². The fourth-order valence-electron chi connectivity index (χ4n) is 3.22. The van der Waals surface area contributed by atoms with E-state index in [2.05, 4.69) is 22.3 Å². The summed E-state index contributed by atoms with van der Waals surface area (Å²) >= 11 is 1.43. The maximum Gasteiger partial charge on any atom is 0.275 e. The van der Waals surface area contributed by atoms with Crippen LogP contribution in [-0.4, -0.2) is 26.6 Å². The second-order valence-corrected chi connectivity index (χ2v) is 8.80. The molecule has 0 aliphatic carbocycles. The maximum atomic E-state index is 12.5. The molecule has 0 spiro atoms. The number of amides is 1. The van der Waals surface area contributed by atoms with E-state index in [9.17, 15) is 9.59 Å². The van der Waals surface area contributed by atoms with Gasteiger partial charge in [-0.25, -0.2) is 4.98 Å². The minimum atomic E-state index is -0.669. The molecule has 0 aliphatic heterocycles. The van der Waals surface area contributed by atoms with Crippen LogP contribution in [0.3, 0.4) is 0 Å². The molecule has 9 heteroatoms. The topological polar surface area (TPSA) is 94.8 Å². The SMILES string of the molecule is CCCCc1nn2c(=O)cc(COc3cccc(NC(=O)C(C)Oc4ccccc4)c3)nc2s1. The van der Waals surface area contributed by atoms with Crippen LogP contribution < -0.4 is 20.3 Å². The minimum absolute atomic E-state index is 0.124. The van der Waals surface area contributed by atoms with Crippen molar-refractivity contribution in [1.29, 1.82) is 0 Å². The Morgan fingerprint density at radius 2 is 1.91 bits per heavy atom. The molecule has 0 aliphatic rings. The molecule has 0 fully saturated rings. The highest BCUT2D eigenvalue weighted by Gasteiger charge is 2.15. The van der Waals surface area contributed by atoms with Crippen molar-refractivity contribution in [1.82, 2.24) is 14.6 Å². The summed E-state index contributed by atoms with van der Waals surface area (Å²) in [6, 6.07) is 17.7. The van der Waals surface area contributed by atoms with E-state index in [4.69, 9.17) is 9.47 Å². The molecule has 2 aromatic heterocycles. The first-order valence-corrected chi connectivity index (χ1v) is 12.0. The molecule has 2 aromatic carbocycles. The highest BCUT2D eigenvalue weighted by Crippen LogP contribution is 2.20. The average molecular weight is 479 g/mol. The van der Waals surface area contributed by atoms with Gasteiger partial charge in [0.05, 0.1) is 5.69 Å². The zero-order chi connectivity index (χ0) is 23.9. The number of carbonyl (C=O) groups is 1. The molecule has 0 saturated heterocycles. The summed E-state index contributed by atoms with van der Waals surface area (Å²) in [7, 11) is 0. The molecule has 0 radical (unpaired) electrons. The van der Waals surface area contributed by atoms with Crippen molar-refractivity contribution in [2.45, 2.75) is 45.8 Å². The van der Waals surface area contributed by atoms with Gasteiger partial charge in [0.2, 0.25) is 4.96 Å². The quantitative estimate of drug-likeness (QED) is 0.361. The number of anilines is 1. The molecule has 2 heterocycles. The van der Waals surface area contributed by atoms with Crippen LogP contribution in [-0.2, 0) is 17.8 Å². The van der Waals surface area contributed by atoms with Crippen LogP contribution in [0.1, 0.15) is 37.4 Å². The Labute approximate surface area is 201 Å². The number of benzene rings is 2. The van der Waals surface area contributed by atoms with Gasteiger partial charge in [0.25, 0.3) is 11.5 Å². The van der Waals surface area contributed by atoms with Crippen LogP contribution >= 0.6 is 11.3 Å². The third kappa shape index (κ3) is 5.99.